The first-order valence-electron chi connectivity index (χ1n) is 5.35. The van der Waals surface area contributed by atoms with Crippen molar-refractivity contribution < 1.29 is 4.79 Å². The van der Waals surface area contributed by atoms with Gasteiger partial charge in [0.25, 0.3) is 5.91 Å². The number of carbonyl (C=O) groups excluding carboxylic acids is 1. The van der Waals surface area contributed by atoms with Gasteiger partial charge < -0.3 is 10.6 Å². The molecular formula is C12H16N2O. The number of benzene rings is 1. The molecule has 1 fully saturated rings. The number of hydrogen-bond acceptors (Lipinski definition) is 2. The average Bonchev–Trinajstić information content (AvgIpc) is 2.23. The molecule has 1 aliphatic rings. The summed E-state index contributed by atoms with van der Waals surface area (Å²) in [5, 5.41) is 0. The van der Waals surface area contributed by atoms with Crippen LogP contribution in [0.3, 0.4) is 0 Å². The zero-order valence-electron chi connectivity index (χ0n) is 8.73. The summed E-state index contributed by atoms with van der Waals surface area (Å²) in [7, 11) is 0. The third-order valence-electron chi connectivity index (χ3n) is 2.84. The number of nitrogens with zero attached hydrogens (tertiary/aromatic N) is 1. The monoisotopic (exact) mass is 204 g/mol. The molecule has 3 nitrogen and oxygen atoms in total. The van der Waals surface area contributed by atoms with Crippen molar-refractivity contribution >= 4 is 5.91 Å². The van der Waals surface area contributed by atoms with E-state index in [0.29, 0.717) is 5.92 Å². The molecule has 0 unspecified atom stereocenters. The summed E-state index contributed by atoms with van der Waals surface area (Å²) < 4.78 is 0. The zero-order valence-corrected chi connectivity index (χ0v) is 8.73. The molecule has 80 valence electrons. The number of likely N-dealkylation sites (tertiary alicyclic amines) is 1. The van der Waals surface area contributed by atoms with Crippen LogP contribution in [0.5, 0.6) is 0 Å². The molecule has 0 radical (unpaired) electrons. The van der Waals surface area contributed by atoms with Gasteiger partial charge in [0.05, 0.1) is 0 Å². The predicted octanol–water partition coefficient (Wildman–Crippen LogP) is 1.11. The SMILES string of the molecule is NCCC1CN(C(=O)c2ccccc2)C1. The Morgan fingerprint density at radius 1 is 1.33 bits per heavy atom. The normalized spacial score (nSPS) is 16.2. The smallest absolute Gasteiger partial charge is 0.253 e. The van der Waals surface area contributed by atoms with Gasteiger partial charge in [0, 0.05) is 18.7 Å². The predicted molar refractivity (Wildman–Crippen MR) is 59.5 cm³/mol. The van der Waals surface area contributed by atoms with Gasteiger partial charge in [-0.1, -0.05) is 18.2 Å². The molecular weight excluding hydrogens is 188 g/mol. The van der Waals surface area contributed by atoms with Crippen LogP contribution >= 0.6 is 0 Å². The molecule has 1 aliphatic heterocycles. The average molecular weight is 204 g/mol. The van der Waals surface area contributed by atoms with Gasteiger partial charge in [0.1, 0.15) is 0 Å². The Balaban J connectivity index is 1.90. The van der Waals surface area contributed by atoms with Crippen LogP contribution in [-0.2, 0) is 0 Å². The number of hydrogen-bond donors (Lipinski definition) is 1. The van der Waals surface area contributed by atoms with Gasteiger partial charge in [-0.2, -0.15) is 0 Å². The van der Waals surface area contributed by atoms with Crippen LogP contribution in [0.15, 0.2) is 30.3 Å². The van der Waals surface area contributed by atoms with E-state index in [1.807, 2.05) is 35.2 Å². The van der Waals surface area contributed by atoms with E-state index in [2.05, 4.69) is 0 Å². The third kappa shape index (κ3) is 2.18. The van der Waals surface area contributed by atoms with Crippen LogP contribution in [0.1, 0.15) is 16.8 Å². The van der Waals surface area contributed by atoms with Gasteiger partial charge >= 0.3 is 0 Å². The van der Waals surface area contributed by atoms with E-state index in [0.717, 1.165) is 31.6 Å². The Morgan fingerprint density at radius 3 is 2.60 bits per heavy atom. The zero-order chi connectivity index (χ0) is 10.7. The lowest BCUT2D eigenvalue weighted by Crippen LogP contribution is -2.50. The first-order valence-corrected chi connectivity index (χ1v) is 5.35. The maximum atomic E-state index is 11.9. The van der Waals surface area contributed by atoms with Crippen LogP contribution in [0.2, 0.25) is 0 Å². The molecule has 0 aromatic heterocycles. The second-order valence-electron chi connectivity index (χ2n) is 4.02. The van der Waals surface area contributed by atoms with Crippen molar-refractivity contribution in [2.45, 2.75) is 6.42 Å². The van der Waals surface area contributed by atoms with Crippen molar-refractivity contribution in [2.75, 3.05) is 19.6 Å². The first-order chi connectivity index (χ1) is 7.31. The highest BCUT2D eigenvalue weighted by Crippen LogP contribution is 2.20. The molecule has 1 aromatic rings. The van der Waals surface area contributed by atoms with Crippen LogP contribution in [0, 0.1) is 5.92 Å². The Labute approximate surface area is 89.9 Å². The first kappa shape index (κ1) is 10.2. The number of rotatable bonds is 3. The van der Waals surface area contributed by atoms with Crippen LogP contribution in [-0.4, -0.2) is 30.4 Å². The van der Waals surface area contributed by atoms with Crippen molar-refractivity contribution in [3.8, 4) is 0 Å². The van der Waals surface area contributed by atoms with E-state index in [1.165, 1.54) is 0 Å². The molecule has 0 aliphatic carbocycles. The molecule has 2 N–H and O–H groups in total. The summed E-state index contributed by atoms with van der Waals surface area (Å²) in [6.45, 7) is 2.45. The molecule has 0 atom stereocenters. The Kier molecular flexibility index (Phi) is 3.02. The molecule has 0 saturated carbocycles. The van der Waals surface area contributed by atoms with E-state index in [9.17, 15) is 4.79 Å². The van der Waals surface area contributed by atoms with E-state index in [4.69, 9.17) is 5.73 Å². The minimum atomic E-state index is 0.142. The Hall–Kier alpha value is -1.35. The summed E-state index contributed by atoms with van der Waals surface area (Å²) in [6, 6.07) is 9.43. The van der Waals surface area contributed by atoms with Crippen LogP contribution in [0.4, 0.5) is 0 Å². The molecule has 3 heteroatoms. The maximum absolute atomic E-state index is 11.9. The fraction of sp³-hybridized carbons (Fsp3) is 0.417. The van der Waals surface area contributed by atoms with Crippen molar-refractivity contribution in [3.05, 3.63) is 35.9 Å². The molecule has 0 bridgehead atoms. The summed E-state index contributed by atoms with van der Waals surface area (Å²) in [6.07, 6.45) is 1.03. The molecule has 15 heavy (non-hydrogen) atoms. The molecule has 0 spiro atoms. The maximum Gasteiger partial charge on any atom is 0.253 e. The minimum Gasteiger partial charge on any atom is -0.338 e. The summed E-state index contributed by atoms with van der Waals surface area (Å²) in [5.41, 5.74) is 6.25. The van der Waals surface area contributed by atoms with E-state index >= 15 is 0 Å². The molecule has 1 saturated heterocycles. The van der Waals surface area contributed by atoms with Crippen molar-refractivity contribution in [2.24, 2.45) is 11.7 Å². The largest absolute Gasteiger partial charge is 0.338 e. The standard InChI is InChI=1S/C12H16N2O/c13-7-6-10-8-14(9-10)12(15)11-4-2-1-3-5-11/h1-5,10H,6-9,13H2. The fourth-order valence-electron chi connectivity index (χ4n) is 1.92. The second kappa shape index (κ2) is 4.45. The molecule has 1 amide bonds. The van der Waals surface area contributed by atoms with Crippen molar-refractivity contribution in [1.29, 1.82) is 0 Å². The topological polar surface area (TPSA) is 46.3 Å². The lowest BCUT2D eigenvalue weighted by molar-refractivity contribution is 0.0490. The highest BCUT2D eigenvalue weighted by molar-refractivity contribution is 5.94. The van der Waals surface area contributed by atoms with E-state index in [1.54, 1.807) is 0 Å². The van der Waals surface area contributed by atoms with Crippen LogP contribution < -0.4 is 5.73 Å². The second-order valence-corrected chi connectivity index (χ2v) is 4.02. The summed E-state index contributed by atoms with van der Waals surface area (Å²) in [5.74, 6) is 0.756. The van der Waals surface area contributed by atoms with Crippen molar-refractivity contribution in [3.63, 3.8) is 0 Å². The molecule has 1 aromatic carbocycles. The highest BCUT2D eigenvalue weighted by Gasteiger charge is 2.30. The summed E-state index contributed by atoms with van der Waals surface area (Å²) >= 11 is 0. The fourth-order valence-corrected chi connectivity index (χ4v) is 1.92. The summed E-state index contributed by atoms with van der Waals surface area (Å²) in [4.78, 5) is 13.8. The van der Waals surface area contributed by atoms with E-state index in [-0.39, 0.29) is 5.91 Å². The lowest BCUT2D eigenvalue weighted by atomic mass is 9.95. The Morgan fingerprint density at radius 2 is 2.00 bits per heavy atom. The highest BCUT2D eigenvalue weighted by atomic mass is 16.2. The van der Waals surface area contributed by atoms with Gasteiger partial charge in [0.2, 0.25) is 0 Å². The van der Waals surface area contributed by atoms with Crippen molar-refractivity contribution in [1.82, 2.24) is 4.90 Å². The number of amides is 1. The third-order valence-corrected chi connectivity index (χ3v) is 2.84. The van der Waals surface area contributed by atoms with Gasteiger partial charge in [-0.15, -0.1) is 0 Å². The molecule has 2 rings (SSSR count). The minimum absolute atomic E-state index is 0.142. The number of carbonyl (C=O) groups is 1. The van der Waals surface area contributed by atoms with Gasteiger partial charge in [0.15, 0.2) is 0 Å². The Bertz CT molecular complexity index is 331. The lowest BCUT2D eigenvalue weighted by Gasteiger charge is -2.39. The van der Waals surface area contributed by atoms with E-state index < -0.39 is 0 Å². The quantitative estimate of drug-likeness (QED) is 0.801. The molecule has 1 heterocycles. The van der Waals surface area contributed by atoms with Crippen LogP contribution in [0.25, 0.3) is 0 Å². The van der Waals surface area contributed by atoms with Gasteiger partial charge in [-0.25, -0.2) is 0 Å². The number of nitrogens with two attached hydrogens (primary N) is 1. The van der Waals surface area contributed by atoms with Gasteiger partial charge in [-0.3, -0.25) is 4.79 Å². The van der Waals surface area contributed by atoms with Gasteiger partial charge in [-0.05, 0) is 31.0 Å².